The van der Waals surface area contributed by atoms with Crippen LogP contribution in [-0.2, 0) is 5.41 Å². The Morgan fingerprint density at radius 3 is 2.13 bits per heavy atom. The Hall–Kier alpha value is -2.85. The molecule has 1 atom stereocenters. The van der Waals surface area contributed by atoms with Gasteiger partial charge in [-0.3, -0.25) is 0 Å². The van der Waals surface area contributed by atoms with Crippen LogP contribution in [0, 0.1) is 17.8 Å². The van der Waals surface area contributed by atoms with Gasteiger partial charge in [0.25, 0.3) is 0 Å². The summed E-state index contributed by atoms with van der Waals surface area (Å²) in [4.78, 5) is 11.3. The first-order valence-corrected chi connectivity index (χ1v) is 15.2. The van der Waals surface area contributed by atoms with Crippen LogP contribution in [0.5, 0.6) is 5.75 Å². The first kappa shape index (κ1) is 26.4. The van der Waals surface area contributed by atoms with E-state index in [0.29, 0.717) is 12.0 Å². The van der Waals surface area contributed by atoms with Crippen molar-refractivity contribution in [3.8, 4) is 16.9 Å². The van der Waals surface area contributed by atoms with Gasteiger partial charge in [-0.25, -0.2) is 4.79 Å². The van der Waals surface area contributed by atoms with E-state index in [-0.39, 0.29) is 5.41 Å². The van der Waals surface area contributed by atoms with E-state index in [9.17, 15) is 15.0 Å². The monoisotopic (exact) mass is 526 g/mol. The van der Waals surface area contributed by atoms with Crippen molar-refractivity contribution in [2.24, 2.45) is 17.8 Å². The third-order valence-electron chi connectivity index (χ3n) is 9.83. The van der Waals surface area contributed by atoms with Crippen molar-refractivity contribution in [3.05, 3.63) is 65.7 Å². The number of ether oxygens (including phenoxy) is 1. The maximum absolute atomic E-state index is 11.3. The van der Waals surface area contributed by atoms with Crippen LogP contribution < -0.4 is 4.74 Å². The van der Waals surface area contributed by atoms with E-state index >= 15 is 0 Å². The molecule has 3 aromatic carbocycles. The second-order valence-corrected chi connectivity index (χ2v) is 12.8. The number of carboxylic acids is 1. The third kappa shape index (κ3) is 5.45. The number of unbranched alkanes of at least 4 members (excludes halogenated alkanes) is 4. The number of rotatable bonds is 11. The number of hydrogen-bond donors (Lipinski definition) is 2. The Labute approximate surface area is 232 Å². The first-order chi connectivity index (χ1) is 18.9. The smallest absolute Gasteiger partial charge is 0.335 e. The van der Waals surface area contributed by atoms with Crippen LogP contribution in [0.15, 0.2) is 54.6 Å². The summed E-state index contributed by atoms with van der Waals surface area (Å²) in [6, 6.07) is 18.1. The fourth-order valence-electron chi connectivity index (χ4n) is 8.34. The summed E-state index contributed by atoms with van der Waals surface area (Å²) in [6.45, 7) is 2.22. The molecule has 0 amide bonds. The Bertz CT molecular complexity index is 1290. The highest BCUT2D eigenvalue weighted by Crippen LogP contribution is 2.62. The number of carboxylic acid groups (broad SMARTS) is 1. The van der Waals surface area contributed by atoms with Gasteiger partial charge in [0.05, 0.1) is 5.56 Å². The van der Waals surface area contributed by atoms with Gasteiger partial charge in [0, 0.05) is 12.0 Å². The second kappa shape index (κ2) is 11.0. The van der Waals surface area contributed by atoms with Crippen molar-refractivity contribution in [1.29, 1.82) is 0 Å². The molecule has 39 heavy (non-hydrogen) atoms. The molecule has 4 bridgehead atoms. The van der Waals surface area contributed by atoms with Gasteiger partial charge in [0.15, 0.2) is 6.29 Å². The van der Waals surface area contributed by atoms with Crippen LogP contribution in [0.25, 0.3) is 21.9 Å². The van der Waals surface area contributed by atoms with E-state index in [2.05, 4.69) is 37.3 Å². The zero-order chi connectivity index (χ0) is 27.0. The van der Waals surface area contributed by atoms with Crippen LogP contribution >= 0.6 is 0 Å². The zero-order valence-corrected chi connectivity index (χ0v) is 23.2. The molecule has 206 valence electrons. The second-order valence-electron chi connectivity index (χ2n) is 12.8. The van der Waals surface area contributed by atoms with Crippen LogP contribution in [0.1, 0.15) is 99.9 Å². The summed E-state index contributed by atoms with van der Waals surface area (Å²) < 4.78 is 6.40. The highest BCUT2D eigenvalue weighted by Gasteiger charge is 2.52. The molecule has 4 nitrogen and oxygen atoms in total. The predicted molar refractivity (Wildman–Crippen MR) is 156 cm³/mol. The Balaban J connectivity index is 1.34. The number of aromatic carboxylic acids is 1. The van der Waals surface area contributed by atoms with Crippen molar-refractivity contribution >= 4 is 16.7 Å². The molecule has 0 saturated heterocycles. The largest absolute Gasteiger partial charge is 0.478 e. The molecule has 3 aromatic rings. The molecule has 4 fully saturated rings. The normalized spacial score (nSPS) is 26.2. The van der Waals surface area contributed by atoms with Gasteiger partial charge in [-0.2, -0.15) is 0 Å². The lowest BCUT2D eigenvalue weighted by Gasteiger charge is -2.57. The van der Waals surface area contributed by atoms with Crippen molar-refractivity contribution in [3.63, 3.8) is 0 Å². The number of benzene rings is 3. The third-order valence-corrected chi connectivity index (χ3v) is 9.83. The molecule has 4 aliphatic rings. The first-order valence-electron chi connectivity index (χ1n) is 15.2. The SMILES string of the molecule is CCCCCCCC(O)Oc1cc2ccc(-c3ccc(C(=O)O)cc3)cc2cc1C12CC3CC(CC(C3)C1)C2. The van der Waals surface area contributed by atoms with Crippen LogP contribution in [0.4, 0.5) is 0 Å². The molecule has 0 heterocycles. The van der Waals surface area contributed by atoms with Crippen molar-refractivity contribution < 1.29 is 19.7 Å². The van der Waals surface area contributed by atoms with Crippen LogP contribution in [0.3, 0.4) is 0 Å². The van der Waals surface area contributed by atoms with Gasteiger partial charge in [-0.05, 0) is 120 Å². The fraction of sp³-hybridized carbons (Fsp3) is 0.514. The summed E-state index contributed by atoms with van der Waals surface area (Å²) in [5, 5.41) is 22.5. The fourth-order valence-corrected chi connectivity index (χ4v) is 8.34. The lowest BCUT2D eigenvalue weighted by Crippen LogP contribution is -2.48. The van der Waals surface area contributed by atoms with Gasteiger partial charge in [-0.15, -0.1) is 0 Å². The average Bonchev–Trinajstić information content (AvgIpc) is 2.91. The molecule has 1 unspecified atom stereocenters. The van der Waals surface area contributed by atoms with E-state index in [1.807, 2.05) is 12.1 Å². The van der Waals surface area contributed by atoms with E-state index in [1.165, 1.54) is 68.7 Å². The lowest BCUT2D eigenvalue weighted by atomic mass is 9.48. The topological polar surface area (TPSA) is 66.8 Å². The number of carbonyl (C=O) groups is 1. The quantitative estimate of drug-likeness (QED) is 0.194. The molecule has 4 aliphatic carbocycles. The molecular formula is C35H42O4. The highest BCUT2D eigenvalue weighted by molar-refractivity contribution is 5.91. The maximum Gasteiger partial charge on any atom is 0.335 e. The van der Waals surface area contributed by atoms with Crippen molar-refractivity contribution in [1.82, 2.24) is 0 Å². The molecule has 0 aromatic heterocycles. The van der Waals surface area contributed by atoms with E-state index in [4.69, 9.17) is 4.74 Å². The van der Waals surface area contributed by atoms with Crippen molar-refractivity contribution in [2.75, 3.05) is 0 Å². The minimum atomic E-state index is -0.907. The molecule has 2 N–H and O–H groups in total. The Morgan fingerprint density at radius 2 is 1.49 bits per heavy atom. The summed E-state index contributed by atoms with van der Waals surface area (Å²) in [7, 11) is 0. The molecular weight excluding hydrogens is 484 g/mol. The number of aliphatic hydroxyl groups excluding tert-OH is 1. The Morgan fingerprint density at radius 1 is 0.846 bits per heavy atom. The number of aliphatic hydroxyl groups is 1. The summed E-state index contributed by atoms with van der Waals surface area (Å²) in [5.41, 5.74) is 3.85. The van der Waals surface area contributed by atoms with E-state index in [1.54, 1.807) is 12.1 Å². The average molecular weight is 527 g/mol. The number of hydrogen-bond acceptors (Lipinski definition) is 3. The molecule has 4 heteroatoms. The minimum absolute atomic E-state index is 0.151. The standard InChI is InChI=1S/C35H42O4/c1-2-3-4-5-6-7-33(36)39-32-19-29-13-12-28(26-8-10-27(11-9-26)34(37)38)17-30(29)18-31(32)35-20-23-14-24(21-35)16-25(15-23)22-35/h8-13,17-19,23-25,33,36H,2-7,14-16,20-22H2,1H3,(H,37,38). The van der Waals surface area contributed by atoms with E-state index in [0.717, 1.165) is 52.9 Å². The molecule has 0 aliphatic heterocycles. The summed E-state index contributed by atoms with van der Waals surface area (Å²) in [5.74, 6) is 2.44. The molecule has 7 rings (SSSR count). The molecule has 0 radical (unpaired) electrons. The summed E-state index contributed by atoms with van der Waals surface area (Å²) in [6.07, 6.45) is 13.6. The van der Waals surface area contributed by atoms with Crippen molar-refractivity contribution in [2.45, 2.75) is 95.7 Å². The maximum atomic E-state index is 11.3. The van der Waals surface area contributed by atoms with Gasteiger partial charge in [-0.1, -0.05) is 56.9 Å². The minimum Gasteiger partial charge on any atom is -0.478 e. The predicted octanol–water partition coefficient (Wildman–Crippen LogP) is 8.73. The van der Waals surface area contributed by atoms with Gasteiger partial charge >= 0.3 is 5.97 Å². The lowest BCUT2D eigenvalue weighted by molar-refractivity contribution is -0.0326. The van der Waals surface area contributed by atoms with E-state index < -0.39 is 12.3 Å². The van der Waals surface area contributed by atoms with Gasteiger partial charge in [0.2, 0.25) is 0 Å². The summed E-state index contributed by atoms with van der Waals surface area (Å²) >= 11 is 0. The van der Waals surface area contributed by atoms with Crippen LogP contribution in [-0.4, -0.2) is 22.5 Å². The Kier molecular flexibility index (Phi) is 7.41. The van der Waals surface area contributed by atoms with Crippen LogP contribution in [0.2, 0.25) is 0 Å². The molecule has 0 spiro atoms. The zero-order valence-electron chi connectivity index (χ0n) is 23.2. The highest BCUT2D eigenvalue weighted by atomic mass is 16.6. The van der Waals surface area contributed by atoms with Gasteiger partial charge in [0.1, 0.15) is 5.75 Å². The van der Waals surface area contributed by atoms with Gasteiger partial charge < -0.3 is 14.9 Å². The number of fused-ring (bicyclic) bond motifs is 1. The molecule has 4 saturated carbocycles.